The normalized spacial score (nSPS) is 16.4. The molecule has 0 aliphatic rings. The van der Waals surface area contributed by atoms with Crippen LogP contribution in [0.3, 0.4) is 0 Å². The third kappa shape index (κ3) is 2.24. The number of methoxy groups -OCH3 is 1. The Hall–Kier alpha value is -1.45. The minimum atomic E-state index is -0.345. The molecule has 1 aromatic carbocycles. The molecule has 2 unspecified atom stereocenters. The van der Waals surface area contributed by atoms with Gasteiger partial charge in [0.15, 0.2) is 0 Å². The van der Waals surface area contributed by atoms with E-state index in [0.717, 1.165) is 22.9 Å². The third-order valence-electron chi connectivity index (χ3n) is 3.82. The van der Waals surface area contributed by atoms with Gasteiger partial charge in [-0.05, 0) is 31.0 Å². The largest absolute Gasteiger partial charge is 0.377 e. The molecule has 96 valence electrons. The van der Waals surface area contributed by atoms with Gasteiger partial charge < -0.3 is 10.5 Å². The van der Waals surface area contributed by atoms with Gasteiger partial charge in [-0.1, -0.05) is 25.1 Å². The van der Waals surface area contributed by atoms with E-state index < -0.39 is 0 Å². The summed E-state index contributed by atoms with van der Waals surface area (Å²) in [6.45, 7) is 4.13. The summed E-state index contributed by atoms with van der Waals surface area (Å²) in [7, 11) is 1.71. The molecule has 0 spiro atoms. The summed E-state index contributed by atoms with van der Waals surface area (Å²) in [6.07, 6.45) is 2.66. The fraction of sp³-hybridized carbons (Fsp3) is 0.400. The summed E-state index contributed by atoms with van der Waals surface area (Å²) in [5.41, 5.74) is 8.02. The predicted molar refractivity (Wildman–Crippen MR) is 74.4 cm³/mol. The minimum Gasteiger partial charge on any atom is -0.377 e. The first-order valence-electron chi connectivity index (χ1n) is 6.26. The highest BCUT2D eigenvalue weighted by Crippen LogP contribution is 2.30. The molecule has 3 nitrogen and oxygen atoms in total. The zero-order valence-electron chi connectivity index (χ0n) is 11.2. The van der Waals surface area contributed by atoms with Crippen LogP contribution in [-0.2, 0) is 4.74 Å². The number of ether oxygens (including phenoxy) is 1. The summed E-state index contributed by atoms with van der Waals surface area (Å²) in [5, 5.41) is 1.13. The van der Waals surface area contributed by atoms with E-state index in [2.05, 4.69) is 24.0 Å². The van der Waals surface area contributed by atoms with Crippen molar-refractivity contribution in [3.8, 4) is 0 Å². The van der Waals surface area contributed by atoms with Gasteiger partial charge >= 0.3 is 0 Å². The lowest BCUT2D eigenvalue weighted by atomic mass is 9.88. The fourth-order valence-corrected chi connectivity index (χ4v) is 2.12. The van der Waals surface area contributed by atoms with Crippen LogP contribution in [0.25, 0.3) is 10.9 Å². The van der Waals surface area contributed by atoms with Crippen LogP contribution >= 0.6 is 0 Å². The maximum absolute atomic E-state index is 6.33. The monoisotopic (exact) mass is 244 g/mol. The van der Waals surface area contributed by atoms with Crippen molar-refractivity contribution in [2.45, 2.75) is 31.9 Å². The highest BCUT2D eigenvalue weighted by Gasteiger charge is 2.30. The number of hydrogen-bond donors (Lipinski definition) is 1. The van der Waals surface area contributed by atoms with Gasteiger partial charge in [0, 0.05) is 18.7 Å². The van der Waals surface area contributed by atoms with Crippen molar-refractivity contribution < 1.29 is 4.74 Å². The van der Waals surface area contributed by atoms with Crippen LogP contribution in [0.5, 0.6) is 0 Å². The summed E-state index contributed by atoms with van der Waals surface area (Å²) >= 11 is 0. The SMILES string of the molecule is CCC(C)(OC)C(N)c1ccc2cccnc2c1. The molecule has 2 rings (SSSR count). The molecule has 18 heavy (non-hydrogen) atoms. The predicted octanol–water partition coefficient (Wildman–Crippen LogP) is 3.05. The maximum Gasteiger partial charge on any atom is 0.0839 e. The number of nitrogens with two attached hydrogens (primary N) is 1. The van der Waals surface area contributed by atoms with E-state index in [9.17, 15) is 0 Å². The Kier molecular flexibility index (Phi) is 3.64. The maximum atomic E-state index is 6.33. The Balaban J connectivity index is 2.42. The molecule has 0 saturated heterocycles. The molecule has 0 radical (unpaired) electrons. The van der Waals surface area contributed by atoms with E-state index >= 15 is 0 Å². The second-order valence-electron chi connectivity index (χ2n) is 4.80. The van der Waals surface area contributed by atoms with Crippen LogP contribution < -0.4 is 5.73 Å². The quantitative estimate of drug-likeness (QED) is 0.899. The highest BCUT2D eigenvalue weighted by molar-refractivity contribution is 5.79. The fourth-order valence-electron chi connectivity index (χ4n) is 2.12. The molecule has 0 aliphatic carbocycles. The Morgan fingerprint density at radius 1 is 1.39 bits per heavy atom. The van der Waals surface area contributed by atoms with Crippen molar-refractivity contribution in [3.63, 3.8) is 0 Å². The molecule has 1 heterocycles. The molecule has 3 heteroatoms. The van der Waals surface area contributed by atoms with Crippen LogP contribution in [0.1, 0.15) is 31.9 Å². The van der Waals surface area contributed by atoms with Gasteiger partial charge in [-0.3, -0.25) is 4.98 Å². The molecule has 0 saturated carbocycles. The number of hydrogen-bond acceptors (Lipinski definition) is 3. The Bertz CT molecular complexity index is 535. The zero-order valence-corrected chi connectivity index (χ0v) is 11.2. The molecule has 2 N–H and O–H groups in total. The number of nitrogens with zero attached hydrogens (tertiary/aromatic N) is 1. The van der Waals surface area contributed by atoms with Crippen molar-refractivity contribution >= 4 is 10.9 Å². The lowest BCUT2D eigenvalue weighted by Crippen LogP contribution is -2.39. The van der Waals surface area contributed by atoms with Crippen molar-refractivity contribution in [2.24, 2.45) is 5.73 Å². The van der Waals surface area contributed by atoms with Gasteiger partial charge in [-0.25, -0.2) is 0 Å². The molecule has 0 aliphatic heterocycles. The standard InChI is InChI=1S/C15H20N2O/c1-4-15(2,18-3)14(16)12-8-7-11-6-5-9-17-13(11)10-12/h5-10,14H,4,16H2,1-3H3. The minimum absolute atomic E-state index is 0.154. The highest BCUT2D eigenvalue weighted by atomic mass is 16.5. The zero-order chi connectivity index (χ0) is 13.2. The van der Waals surface area contributed by atoms with E-state index in [1.807, 2.05) is 25.1 Å². The van der Waals surface area contributed by atoms with E-state index in [0.29, 0.717) is 0 Å². The van der Waals surface area contributed by atoms with Gasteiger partial charge in [0.05, 0.1) is 17.2 Å². The average molecular weight is 244 g/mol. The number of pyridine rings is 1. The van der Waals surface area contributed by atoms with Crippen LogP contribution in [-0.4, -0.2) is 17.7 Å². The smallest absolute Gasteiger partial charge is 0.0839 e. The summed E-state index contributed by atoms with van der Waals surface area (Å²) < 4.78 is 5.57. The Morgan fingerprint density at radius 2 is 2.17 bits per heavy atom. The summed E-state index contributed by atoms with van der Waals surface area (Å²) in [4.78, 5) is 4.36. The van der Waals surface area contributed by atoms with Gasteiger partial charge in [-0.15, -0.1) is 0 Å². The summed E-state index contributed by atoms with van der Waals surface area (Å²) in [5.74, 6) is 0. The van der Waals surface area contributed by atoms with Gasteiger partial charge in [0.1, 0.15) is 0 Å². The van der Waals surface area contributed by atoms with E-state index in [-0.39, 0.29) is 11.6 Å². The van der Waals surface area contributed by atoms with Gasteiger partial charge in [0.2, 0.25) is 0 Å². The van der Waals surface area contributed by atoms with Gasteiger partial charge in [-0.2, -0.15) is 0 Å². The third-order valence-corrected chi connectivity index (χ3v) is 3.82. The second-order valence-corrected chi connectivity index (χ2v) is 4.80. The van der Waals surface area contributed by atoms with Crippen LogP contribution in [0.15, 0.2) is 36.5 Å². The molecule has 2 atom stereocenters. The van der Waals surface area contributed by atoms with E-state index in [1.165, 1.54) is 0 Å². The van der Waals surface area contributed by atoms with Crippen molar-refractivity contribution in [1.29, 1.82) is 0 Å². The molecular formula is C15H20N2O. The van der Waals surface area contributed by atoms with Crippen LogP contribution in [0, 0.1) is 0 Å². The number of benzene rings is 1. The van der Waals surface area contributed by atoms with Crippen molar-refractivity contribution in [2.75, 3.05) is 7.11 Å². The number of aromatic nitrogens is 1. The molecule has 1 aromatic heterocycles. The topological polar surface area (TPSA) is 48.1 Å². The lowest BCUT2D eigenvalue weighted by Gasteiger charge is -2.33. The van der Waals surface area contributed by atoms with E-state index in [1.54, 1.807) is 13.3 Å². The number of fused-ring (bicyclic) bond motifs is 1. The lowest BCUT2D eigenvalue weighted by molar-refractivity contribution is -0.0194. The summed E-state index contributed by atoms with van der Waals surface area (Å²) in [6, 6.07) is 10.00. The molecule has 0 amide bonds. The molecule has 2 aromatic rings. The molecule has 0 bridgehead atoms. The first kappa shape index (κ1) is 13.0. The van der Waals surface area contributed by atoms with E-state index in [4.69, 9.17) is 10.5 Å². The molecular weight excluding hydrogens is 224 g/mol. The van der Waals surface area contributed by atoms with Crippen LogP contribution in [0.4, 0.5) is 0 Å². The molecule has 0 fully saturated rings. The number of rotatable bonds is 4. The van der Waals surface area contributed by atoms with Crippen LogP contribution in [0.2, 0.25) is 0 Å². The Morgan fingerprint density at radius 3 is 2.83 bits per heavy atom. The van der Waals surface area contributed by atoms with Crippen molar-refractivity contribution in [1.82, 2.24) is 4.98 Å². The second kappa shape index (κ2) is 5.04. The van der Waals surface area contributed by atoms with Crippen molar-refractivity contribution in [3.05, 3.63) is 42.1 Å². The first-order chi connectivity index (χ1) is 8.60. The average Bonchev–Trinajstić information content (AvgIpc) is 2.45. The first-order valence-corrected chi connectivity index (χ1v) is 6.26. The van der Waals surface area contributed by atoms with Gasteiger partial charge in [0.25, 0.3) is 0 Å². The Labute approximate surface area is 108 Å².